The molecule has 0 fully saturated rings. The molecule has 1 rings (SSSR count). The summed E-state index contributed by atoms with van der Waals surface area (Å²) in [7, 11) is 0. The molecule has 0 heterocycles. The average Bonchev–Trinajstić information content (AvgIpc) is 2.30. The molecule has 3 N–H and O–H groups in total. The van der Waals surface area contributed by atoms with E-state index in [0.717, 1.165) is 17.7 Å². The minimum atomic E-state index is -0.264. The third kappa shape index (κ3) is 4.11. The van der Waals surface area contributed by atoms with Gasteiger partial charge in [0.25, 0.3) is 0 Å². The molecular formula is C12H16FN3S. The first-order valence-electron chi connectivity index (χ1n) is 5.43. The molecule has 0 saturated carbocycles. The molecule has 0 bridgehead atoms. The Morgan fingerprint density at radius 2 is 2.06 bits per heavy atom. The van der Waals surface area contributed by atoms with Gasteiger partial charge in [-0.2, -0.15) is 5.10 Å². The highest BCUT2D eigenvalue weighted by molar-refractivity contribution is 7.80. The van der Waals surface area contributed by atoms with Gasteiger partial charge in [-0.05, 0) is 36.3 Å². The Balaban J connectivity index is 3.01. The highest BCUT2D eigenvalue weighted by Crippen LogP contribution is 2.13. The van der Waals surface area contributed by atoms with E-state index >= 15 is 0 Å². The van der Waals surface area contributed by atoms with Crippen LogP contribution < -0.4 is 11.2 Å². The molecule has 17 heavy (non-hydrogen) atoms. The Hall–Kier alpha value is -1.49. The number of hydrogen-bond donors (Lipinski definition) is 2. The maximum absolute atomic E-state index is 12.9. The van der Waals surface area contributed by atoms with Crippen molar-refractivity contribution in [1.82, 2.24) is 5.43 Å². The Morgan fingerprint density at radius 3 is 2.53 bits per heavy atom. The van der Waals surface area contributed by atoms with Gasteiger partial charge in [0.15, 0.2) is 5.11 Å². The molecule has 0 radical (unpaired) electrons. The van der Waals surface area contributed by atoms with Crippen LogP contribution in [0, 0.1) is 11.7 Å². The van der Waals surface area contributed by atoms with E-state index < -0.39 is 0 Å². The van der Waals surface area contributed by atoms with Crippen LogP contribution in [0.4, 0.5) is 4.39 Å². The van der Waals surface area contributed by atoms with Gasteiger partial charge in [0, 0.05) is 5.92 Å². The van der Waals surface area contributed by atoms with Crippen molar-refractivity contribution in [1.29, 1.82) is 0 Å². The third-order valence-corrected chi connectivity index (χ3v) is 2.60. The van der Waals surface area contributed by atoms with Gasteiger partial charge in [-0.15, -0.1) is 0 Å². The van der Waals surface area contributed by atoms with E-state index in [4.69, 9.17) is 18.0 Å². The predicted octanol–water partition coefficient (Wildman–Crippen LogP) is 2.41. The van der Waals surface area contributed by atoms with Gasteiger partial charge in [0.2, 0.25) is 0 Å². The highest BCUT2D eigenvalue weighted by Gasteiger charge is 2.11. The molecule has 1 unspecified atom stereocenters. The van der Waals surface area contributed by atoms with Gasteiger partial charge >= 0.3 is 0 Å². The molecule has 0 aromatic heterocycles. The third-order valence-electron chi connectivity index (χ3n) is 2.51. The van der Waals surface area contributed by atoms with Crippen molar-refractivity contribution in [2.45, 2.75) is 20.3 Å². The van der Waals surface area contributed by atoms with Crippen LogP contribution in [0.5, 0.6) is 0 Å². The summed E-state index contributed by atoms with van der Waals surface area (Å²) in [6, 6.07) is 6.21. The second-order valence-electron chi connectivity index (χ2n) is 3.79. The summed E-state index contributed by atoms with van der Waals surface area (Å²) in [6.45, 7) is 4.11. The lowest BCUT2D eigenvalue weighted by Gasteiger charge is -2.13. The summed E-state index contributed by atoms with van der Waals surface area (Å²) in [5.41, 5.74) is 9.60. The number of thiocarbonyl (C=S) groups is 1. The first kappa shape index (κ1) is 13.6. The summed E-state index contributed by atoms with van der Waals surface area (Å²) < 4.78 is 12.9. The molecule has 0 saturated heterocycles. The number of nitrogens with one attached hydrogen (secondary N) is 1. The number of benzene rings is 1. The first-order valence-corrected chi connectivity index (χ1v) is 5.84. The van der Waals surface area contributed by atoms with Crippen molar-refractivity contribution < 1.29 is 4.39 Å². The molecule has 0 amide bonds. The Bertz CT molecular complexity index is 414. The molecule has 1 aromatic carbocycles. The molecule has 3 nitrogen and oxygen atoms in total. The smallest absolute Gasteiger partial charge is 0.184 e. The molecule has 0 spiro atoms. The van der Waals surface area contributed by atoms with Crippen LogP contribution in [0.1, 0.15) is 25.8 Å². The fraction of sp³-hybridized carbons (Fsp3) is 0.333. The van der Waals surface area contributed by atoms with Crippen molar-refractivity contribution >= 4 is 23.0 Å². The standard InChI is InChI=1S/C12H16FN3S/c1-3-8(2)11(15-16-12(14)17)9-4-6-10(13)7-5-9/h4-8H,3H2,1-2H3,(H3,14,16,17). The Labute approximate surface area is 106 Å². The van der Waals surface area contributed by atoms with E-state index in [9.17, 15) is 4.39 Å². The molecule has 1 aromatic rings. The minimum absolute atomic E-state index is 0.118. The van der Waals surface area contributed by atoms with Crippen LogP contribution in [0.2, 0.25) is 0 Å². The average molecular weight is 253 g/mol. The summed E-state index contributed by atoms with van der Waals surface area (Å²) in [5.74, 6) is -0.0260. The monoisotopic (exact) mass is 253 g/mol. The number of nitrogens with two attached hydrogens (primary N) is 1. The first-order chi connectivity index (χ1) is 8.04. The summed E-state index contributed by atoms with van der Waals surface area (Å²) in [6.07, 6.45) is 0.926. The van der Waals surface area contributed by atoms with Crippen LogP contribution in [0.15, 0.2) is 29.4 Å². The molecule has 0 aliphatic carbocycles. The number of halogens is 1. The normalized spacial score (nSPS) is 13.2. The number of hydrazone groups is 1. The van der Waals surface area contributed by atoms with Gasteiger partial charge in [0.05, 0.1) is 5.71 Å². The van der Waals surface area contributed by atoms with Crippen LogP contribution in [0.3, 0.4) is 0 Å². The van der Waals surface area contributed by atoms with E-state index in [2.05, 4.69) is 17.5 Å². The lowest BCUT2D eigenvalue weighted by Crippen LogP contribution is -2.27. The number of rotatable bonds is 4. The fourth-order valence-corrected chi connectivity index (χ4v) is 1.43. The van der Waals surface area contributed by atoms with Gasteiger partial charge in [0.1, 0.15) is 5.82 Å². The van der Waals surface area contributed by atoms with Gasteiger partial charge in [-0.3, -0.25) is 5.43 Å². The van der Waals surface area contributed by atoms with E-state index in [1.807, 2.05) is 6.92 Å². The zero-order valence-corrected chi connectivity index (χ0v) is 10.7. The van der Waals surface area contributed by atoms with Gasteiger partial charge in [-0.1, -0.05) is 26.0 Å². The quantitative estimate of drug-likeness (QED) is 0.492. The van der Waals surface area contributed by atoms with Crippen LogP contribution in [-0.2, 0) is 0 Å². The molecule has 0 aliphatic heterocycles. The van der Waals surface area contributed by atoms with Gasteiger partial charge in [-0.25, -0.2) is 4.39 Å². The molecular weight excluding hydrogens is 237 g/mol. The van der Waals surface area contributed by atoms with Gasteiger partial charge < -0.3 is 5.73 Å². The summed E-state index contributed by atoms with van der Waals surface area (Å²) in [4.78, 5) is 0. The van der Waals surface area contributed by atoms with E-state index in [1.165, 1.54) is 12.1 Å². The summed E-state index contributed by atoms with van der Waals surface area (Å²) in [5, 5.41) is 4.29. The number of hydrogen-bond acceptors (Lipinski definition) is 2. The lowest BCUT2D eigenvalue weighted by atomic mass is 9.96. The van der Waals surface area contributed by atoms with Crippen molar-refractivity contribution in [2.24, 2.45) is 16.8 Å². The maximum atomic E-state index is 12.9. The predicted molar refractivity (Wildman–Crippen MR) is 72.3 cm³/mol. The topological polar surface area (TPSA) is 50.4 Å². The molecule has 1 atom stereocenters. The highest BCUT2D eigenvalue weighted by atomic mass is 32.1. The van der Waals surface area contributed by atoms with Crippen molar-refractivity contribution in [3.05, 3.63) is 35.6 Å². The maximum Gasteiger partial charge on any atom is 0.184 e. The van der Waals surface area contributed by atoms with E-state index in [0.29, 0.717) is 0 Å². The number of nitrogens with zero attached hydrogens (tertiary/aromatic N) is 1. The van der Waals surface area contributed by atoms with Crippen LogP contribution >= 0.6 is 12.2 Å². The van der Waals surface area contributed by atoms with E-state index in [-0.39, 0.29) is 16.8 Å². The SMILES string of the molecule is CCC(C)C(=NNC(N)=S)c1ccc(F)cc1. The second kappa shape index (κ2) is 6.30. The minimum Gasteiger partial charge on any atom is -0.375 e. The molecule has 0 aliphatic rings. The van der Waals surface area contributed by atoms with Crippen molar-refractivity contribution in [3.8, 4) is 0 Å². The van der Waals surface area contributed by atoms with Crippen molar-refractivity contribution in [2.75, 3.05) is 0 Å². The van der Waals surface area contributed by atoms with Crippen molar-refractivity contribution in [3.63, 3.8) is 0 Å². The zero-order valence-electron chi connectivity index (χ0n) is 9.90. The summed E-state index contributed by atoms with van der Waals surface area (Å²) >= 11 is 4.71. The van der Waals surface area contributed by atoms with Crippen LogP contribution in [0.25, 0.3) is 0 Å². The molecule has 92 valence electrons. The fourth-order valence-electron chi connectivity index (χ4n) is 1.39. The largest absolute Gasteiger partial charge is 0.375 e. The zero-order chi connectivity index (χ0) is 12.8. The second-order valence-corrected chi connectivity index (χ2v) is 4.23. The Morgan fingerprint density at radius 1 is 1.47 bits per heavy atom. The molecule has 5 heteroatoms. The Kier molecular flexibility index (Phi) is 5.03. The van der Waals surface area contributed by atoms with Crippen LogP contribution in [-0.4, -0.2) is 10.8 Å². The lowest BCUT2D eigenvalue weighted by molar-refractivity contribution is 0.627. The van der Waals surface area contributed by atoms with E-state index in [1.54, 1.807) is 12.1 Å².